The van der Waals surface area contributed by atoms with Gasteiger partial charge in [0.15, 0.2) is 6.29 Å². The van der Waals surface area contributed by atoms with Gasteiger partial charge in [-0.3, -0.25) is 14.5 Å². The highest BCUT2D eigenvalue weighted by molar-refractivity contribution is 6.21. The fraction of sp³-hybridized carbons (Fsp3) is 0.286. The van der Waals surface area contributed by atoms with E-state index < -0.39 is 48.7 Å². The van der Waals surface area contributed by atoms with Crippen LogP contribution in [0.2, 0.25) is 0 Å². The monoisotopic (exact) mass is 503 g/mol. The zero-order valence-corrected chi connectivity index (χ0v) is 19.9. The zero-order chi connectivity index (χ0) is 25.5. The van der Waals surface area contributed by atoms with E-state index in [-0.39, 0.29) is 17.7 Å². The molecular weight excluding hydrogens is 478 g/mol. The number of ether oxygens (including phenoxy) is 5. The molecule has 6 atom stereocenters. The lowest BCUT2D eigenvalue weighted by Gasteiger charge is -2.49. The highest BCUT2D eigenvalue weighted by Crippen LogP contribution is 2.38. The lowest BCUT2D eigenvalue weighted by Crippen LogP contribution is -2.68. The summed E-state index contributed by atoms with van der Waals surface area (Å²) in [6.45, 7) is 0.124. The predicted molar refractivity (Wildman–Crippen MR) is 129 cm³/mol. The molecule has 9 heteroatoms. The molecule has 0 spiro atoms. The van der Waals surface area contributed by atoms with Crippen molar-refractivity contribution in [3.8, 4) is 11.5 Å². The van der Waals surface area contributed by atoms with Crippen molar-refractivity contribution in [3.63, 3.8) is 0 Å². The first-order valence-electron chi connectivity index (χ1n) is 12.0. The van der Waals surface area contributed by atoms with Gasteiger partial charge in [-0.15, -0.1) is 0 Å². The first-order valence-corrected chi connectivity index (χ1v) is 12.0. The number of aliphatic hydroxyl groups is 1. The number of rotatable bonds is 5. The van der Waals surface area contributed by atoms with Crippen LogP contribution >= 0.6 is 0 Å². The Bertz CT molecular complexity index is 1260. The molecule has 0 unspecified atom stereocenters. The number of benzene rings is 3. The smallest absolute Gasteiger partial charge is 0.262 e. The molecule has 3 aromatic carbocycles. The van der Waals surface area contributed by atoms with Crippen LogP contribution in [0.15, 0.2) is 78.9 Å². The van der Waals surface area contributed by atoms with Crippen LogP contribution in [0.5, 0.6) is 11.5 Å². The highest BCUT2D eigenvalue weighted by atomic mass is 16.7. The van der Waals surface area contributed by atoms with Crippen molar-refractivity contribution in [2.75, 3.05) is 13.7 Å². The lowest BCUT2D eigenvalue weighted by atomic mass is 9.94. The number of carbonyl (C=O) groups excluding carboxylic acids is 2. The Balaban J connectivity index is 1.33. The summed E-state index contributed by atoms with van der Waals surface area (Å²) in [4.78, 5) is 27.8. The third-order valence-corrected chi connectivity index (χ3v) is 6.84. The maximum Gasteiger partial charge on any atom is 0.262 e. The van der Waals surface area contributed by atoms with Gasteiger partial charge in [0.1, 0.15) is 35.9 Å². The van der Waals surface area contributed by atoms with Gasteiger partial charge in [-0.25, -0.2) is 0 Å². The minimum absolute atomic E-state index is 0.124. The molecule has 2 saturated heterocycles. The molecule has 2 amide bonds. The molecule has 3 aliphatic rings. The second-order valence-electron chi connectivity index (χ2n) is 9.02. The van der Waals surface area contributed by atoms with Gasteiger partial charge in [0.05, 0.1) is 24.8 Å². The van der Waals surface area contributed by atoms with Crippen LogP contribution in [0.25, 0.3) is 0 Å². The Hall–Kier alpha value is -3.76. The van der Waals surface area contributed by atoms with E-state index in [9.17, 15) is 14.7 Å². The van der Waals surface area contributed by atoms with Gasteiger partial charge in [-0.05, 0) is 36.4 Å². The van der Waals surface area contributed by atoms with E-state index in [1.807, 2.05) is 30.3 Å². The number of amides is 2. The Morgan fingerprint density at radius 1 is 0.838 bits per heavy atom. The van der Waals surface area contributed by atoms with E-state index in [1.54, 1.807) is 55.6 Å². The van der Waals surface area contributed by atoms with Crippen LogP contribution in [-0.2, 0) is 14.2 Å². The molecule has 0 saturated carbocycles. The van der Waals surface area contributed by atoms with Gasteiger partial charge in [-0.2, -0.15) is 0 Å². The Morgan fingerprint density at radius 3 is 2.11 bits per heavy atom. The van der Waals surface area contributed by atoms with Gasteiger partial charge >= 0.3 is 0 Å². The summed E-state index contributed by atoms with van der Waals surface area (Å²) >= 11 is 0. The summed E-state index contributed by atoms with van der Waals surface area (Å²) in [6, 6.07) is 21.5. The van der Waals surface area contributed by atoms with Crippen LogP contribution < -0.4 is 9.47 Å². The van der Waals surface area contributed by atoms with E-state index >= 15 is 0 Å². The van der Waals surface area contributed by atoms with Crippen molar-refractivity contribution in [2.24, 2.45) is 0 Å². The average molecular weight is 504 g/mol. The van der Waals surface area contributed by atoms with Crippen molar-refractivity contribution in [1.29, 1.82) is 0 Å². The molecule has 3 aliphatic heterocycles. The number of hydrogen-bond acceptors (Lipinski definition) is 8. The maximum atomic E-state index is 13.4. The van der Waals surface area contributed by atoms with Gasteiger partial charge in [0.25, 0.3) is 11.8 Å². The van der Waals surface area contributed by atoms with Gasteiger partial charge in [-0.1, -0.05) is 42.5 Å². The number of aliphatic hydroxyl groups excluding tert-OH is 1. The molecule has 1 N–H and O–H groups in total. The minimum Gasteiger partial charge on any atom is -0.497 e. The summed E-state index contributed by atoms with van der Waals surface area (Å²) in [5.41, 5.74) is 1.31. The van der Waals surface area contributed by atoms with Crippen molar-refractivity contribution in [3.05, 3.63) is 95.6 Å². The average Bonchev–Trinajstić information content (AvgIpc) is 3.19. The van der Waals surface area contributed by atoms with Crippen LogP contribution in [-0.4, -0.2) is 66.2 Å². The topological polar surface area (TPSA) is 104 Å². The molecule has 0 aliphatic carbocycles. The molecule has 3 aromatic rings. The highest BCUT2D eigenvalue weighted by Gasteiger charge is 2.56. The Kier molecular flexibility index (Phi) is 6.13. The molecule has 9 nitrogen and oxygen atoms in total. The van der Waals surface area contributed by atoms with Gasteiger partial charge in [0, 0.05) is 5.56 Å². The normalized spacial score (nSPS) is 29.0. The fourth-order valence-corrected chi connectivity index (χ4v) is 5.00. The molecule has 37 heavy (non-hydrogen) atoms. The number of nitrogens with zero attached hydrogens (tertiary/aromatic N) is 1. The summed E-state index contributed by atoms with van der Waals surface area (Å²) in [5, 5.41) is 11.6. The maximum absolute atomic E-state index is 13.4. The number of carbonyl (C=O) groups is 2. The standard InChI is InChI=1S/C28H25NO8/c1-33-17-11-13-18(14-12-17)35-28-22(29-25(31)19-9-5-6-10-20(19)26(29)32)23(30)24-21(36-28)15-34-27(37-24)16-7-3-2-4-8-16/h2-14,21-24,27-28,30H,15H2,1H3/t21-,22-,23-,24-,27-,28-/m1/s1. The van der Waals surface area contributed by atoms with Crippen LogP contribution in [0.4, 0.5) is 0 Å². The molecule has 0 aromatic heterocycles. The summed E-state index contributed by atoms with van der Waals surface area (Å²) in [7, 11) is 1.56. The van der Waals surface area contributed by atoms with E-state index in [1.165, 1.54) is 0 Å². The number of fused-ring (bicyclic) bond motifs is 2. The first-order chi connectivity index (χ1) is 18.0. The largest absolute Gasteiger partial charge is 0.497 e. The van der Waals surface area contributed by atoms with Crippen LogP contribution in [0, 0.1) is 0 Å². The molecule has 3 heterocycles. The molecule has 2 fully saturated rings. The first kappa shape index (κ1) is 23.6. The SMILES string of the molecule is COc1ccc(O[C@@H]2O[C@@H]3CO[C@@H](c4ccccc4)O[C@H]3[C@H](O)[C@H]2N2C(=O)c3ccccc3C2=O)cc1. The molecule has 0 bridgehead atoms. The van der Waals surface area contributed by atoms with Crippen molar-refractivity contribution in [1.82, 2.24) is 4.90 Å². The molecule has 190 valence electrons. The number of hydrogen-bond donors (Lipinski definition) is 1. The predicted octanol–water partition coefficient (Wildman–Crippen LogP) is 2.94. The second kappa shape index (κ2) is 9.60. The van der Waals surface area contributed by atoms with E-state index in [0.29, 0.717) is 11.5 Å². The van der Waals surface area contributed by atoms with Crippen molar-refractivity contribution < 1.29 is 38.4 Å². The summed E-state index contributed by atoms with van der Waals surface area (Å²) in [5.74, 6) is -0.00351. The second-order valence-corrected chi connectivity index (χ2v) is 9.02. The van der Waals surface area contributed by atoms with E-state index in [0.717, 1.165) is 10.5 Å². The number of methoxy groups -OCH3 is 1. The van der Waals surface area contributed by atoms with E-state index in [2.05, 4.69) is 0 Å². The van der Waals surface area contributed by atoms with Gasteiger partial charge in [0.2, 0.25) is 6.29 Å². The summed E-state index contributed by atoms with van der Waals surface area (Å²) < 4.78 is 29.6. The number of imide groups is 1. The van der Waals surface area contributed by atoms with Crippen molar-refractivity contribution in [2.45, 2.75) is 36.9 Å². The summed E-state index contributed by atoms with van der Waals surface area (Å²) in [6.07, 6.45) is -4.78. The third-order valence-electron chi connectivity index (χ3n) is 6.84. The Morgan fingerprint density at radius 2 is 1.46 bits per heavy atom. The van der Waals surface area contributed by atoms with Crippen LogP contribution in [0.3, 0.4) is 0 Å². The quantitative estimate of drug-likeness (QED) is 0.530. The van der Waals surface area contributed by atoms with E-state index in [4.69, 9.17) is 23.7 Å². The van der Waals surface area contributed by atoms with Crippen molar-refractivity contribution >= 4 is 11.8 Å². The molecule has 0 radical (unpaired) electrons. The fourth-order valence-electron chi connectivity index (χ4n) is 5.00. The minimum atomic E-state index is -1.31. The zero-order valence-electron chi connectivity index (χ0n) is 19.9. The van der Waals surface area contributed by atoms with Crippen LogP contribution in [0.1, 0.15) is 32.6 Å². The molecular formula is C28H25NO8. The van der Waals surface area contributed by atoms with Gasteiger partial charge < -0.3 is 28.8 Å². The molecule has 6 rings (SSSR count). The lowest BCUT2D eigenvalue weighted by molar-refractivity contribution is -0.338. The third kappa shape index (κ3) is 4.15. The Labute approximate surface area is 213 Å².